The Hall–Kier alpha value is -3.14. The van der Waals surface area contributed by atoms with E-state index in [1.165, 1.54) is 0 Å². The Morgan fingerprint density at radius 2 is 1.96 bits per heavy atom. The minimum Gasteiger partial charge on any atom is -0.399 e. The molecule has 1 aromatic rings. The average Bonchev–Trinajstić information content (AvgIpc) is 2.68. The molecule has 0 radical (unpaired) electrons. The summed E-state index contributed by atoms with van der Waals surface area (Å²) in [5, 5.41) is 29.6. The van der Waals surface area contributed by atoms with Gasteiger partial charge in [-0.25, -0.2) is 0 Å². The number of hydrogen-bond acceptors (Lipinski definition) is 6. The Kier molecular flexibility index (Phi) is 4.76. The Balaban J connectivity index is 2.26. The van der Waals surface area contributed by atoms with Gasteiger partial charge in [0.25, 0.3) is 0 Å². The van der Waals surface area contributed by atoms with Gasteiger partial charge in [-0.15, -0.1) is 0 Å². The summed E-state index contributed by atoms with van der Waals surface area (Å²) < 4.78 is 0. The van der Waals surface area contributed by atoms with Crippen LogP contribution >= 0.6 is 0 Å². The molecule has 6 nitrogen and oxygen atoms in total. The van der Waals surface area contributed by atoms with Gasteiger partial charge in [-0.05, 0) is 36.2 Å². The Bertz CT molecular complexity index is 864. The third-order valence-corrected chi connectivity index (χ3v) is 5.35. The van der Waals surface area contributed by atoms with Crippen molar-refractivity contribution < 1.29 is 0 Å². The highest BCUT2D eigenvalue weighted by atomic mass is 15.1. The summed E-state index contributed by atoms with van der Waals surface area (Å²) in [6.07, 6.45) is 6.36. The van der Waals surface area contributed by atoms with Gasteiger partial charge >= 0.3 is 0 Å². The Morgan fingerprint density at radius 1 is 1.27 bits per heavy atom. The minimum absolute atomic E-state index is 0.0678. The predicted molar refractivity (Wildman–Crippen MR) is 95.8 cm³/mol. The van der Waals surface area contributed by atoms with Crippen LogP contribution in [0, 0.1) is 45.3 Å². The maximum atomic E-state index is 9.97. The summed E-state index contributed by atoms with van der Waals surface area (Å²) in [6, 6.07) is 10.1. The van der Waals surface area contributed by atoms with E-state index in [1.807, 2.05) is 18.2 Å². The molecule has 2 heterocycles. The number of nitriles is 3. The number of nitrogens with two attached hydrogens (primary N) is 1. The first-order valence-electron chi connectivity index (χ1n) is 8.68. The van der Waals surface area contributed by atoms with Crippen LogP contribution in [-0.2, 0) is 0 Å². The standard InChI is InChI=1S/C20H20N6/c1-2-8-26-9-5-15-16(10-21)19(24)20(12-22,13-23)18(17(15)11-26)14-3-6-25-7-4-14/h3-7,17-18H,2,8-9,11,24H2,1H3/t17-,18-/m0/s1. The number of rotatable bonds is 3. The molecule has 3 rings (SSSR count). The van der Waals surface area contributed by atoms with E-state index in [1.54, 1.807) is 12.4 Å². The topological polar surface area (TPSA) is 114 Å². The molecule has 6 heteroatoms. The van der Waals surface area contributed by atoms with E-state index in [-0.39, 0.29) is 11.6 Å². The second kappa shape index (κ2) is 7.00. The molecule has 0 aromatic carbocycles. The van der Waals surface area contributed by atoms with Gasteiger partial charge in [0.2, 0.25) is 0 Å². The van der Waals surface area contributed by atoms with Crippen LogP contribution < -0.4 is 5.73 Å². The van der Waals surface area contributed by atoms with Gasteiger partial charge < -0.3 is 5.73 Å². The van der Waals surface area contributed by atoms with Crippen LogP contribution in [0.4, 0.5) is 0 Å². The number of hydrogen-bond donors (Lipinski definition) is 1. The van der Waals surface area contributed by atoms with Crippen molar-refractivity contribution in [2.45, 2.75) is 19.3 Å². The van der Waals surface area contributed by atoms with Gasteiger partial charge in [-0.2, -0.15) is 15.8 Å². The Labute approximate surface area is 153 Å². The molecule has 0 amide bonds. The van der Waals surface area contributed by atoms with Crippen molar-refractivity contribution in [3.8, 4) is 18.2 Å². The highest BCUT2D eigenvalue weighted by Crippen LogP contribution is 2.53. The molecule has 1 aliphatic heterocycles. The third kappa shape index (κ3) is 2.54. The SMILES string of the molecule is CCCN1CC=C2C(C#N)=C(N)C(C#N)(C#N)[C@@H](c3ccncc3)[C@H]2C1. The van der Waals surface area contributed by atoms with Crippen molar-refractivity contribution in [2.24, 2.45) is 17.1 Å². The van der Waals surface area contributed by atoms with Crippen molar-refractivity contribution in [1.82, 2.24) is 9.88 Å². The zero-order valence-electron chi connectivity index (χ0n) is 14.7. The Morgan fingerprint density at radius 3 is 2.54 bits per heavy atom. The molecule has 2 atom stereocenters. The lowest BCUT2D eigenvalue weighted by Gasteiger charge is -2.45. The van der Waals surface area contributed by atoms with Crippen LogP contribution in [0.1, 0.15) is 24.8 Å². The highest BCUT2D eigenvalue weighted by molar-refractivity contribution is 5.59. The molecule has 26 heavy (non-hydrogen) atoms. The lowest BCUT2D eigenvalue weighted by Crippen LogP contribution is -2.48. The van der Waals surface area contributed by atoms with Crippen LogP contribution in [0.5, 0.6) is 0 Å². The maximum absolute atomic E-state index is 9.97. The number of pyridine rings is 1. The smallest absolute Gasteiger partial charge is 0.191 e. The molecule has 2 N–H and O–H groups in total. The first kappa shape index (κ1) is 17.7. The molecule has 1 aliphatic carbocycles. The van der Waals surface area contributed by atoms with E-state index in [4.69, 9.17) is 5.73 Å². The fourth-order valence-electron chi connectivity index (χ4n) is 4.19. The van der Waals surface area contributed by atoms with Gasteiger partial charge in [0.15, 0.2) is 5.41 Å². The van der Waals surface area contributed by atoms with E-state index in [0.717, 1.165) is 30.6 Å². The fourth-order valence-corrected chi connectivity index (χ4v) is 4.19. The minimum atomic E-state index is -1.57. The van der Waals surface area contributed by atoms with Crippen LogP contribution in [0.3, 0.4) is 0 Å². The molecule has 0 fully saturated rings. The monoisotopic (exact) mass is 344 g/mol. The molecular formula is C20H20N6. The largest absolute Gasteiger partial charge is 0.399 e. The van der Waals surface area contributed by atoms with Crippen LogP contribution in [-0.4, -0.2) is 29.5 Å². The third-order valence-electron chi connectivity index (χ3n) is 5.35. The number of fused-ring (bicyclic) bond motifs is 1. The quantitative estimate of drug-likeness (QED) is 0.899. The molecule has 0 spiro atoms. The lowest BCUT2D eigenvalue weighted by molar-refractivity contribution is 0.207. The summed E-state index contributed by atoms with van der Waals surface area (Å²) in [4.78, 5) is 6.34. The van der Waals surface area contributed by atoms with Gasteiger partial charge in [-0.1, -0.05) is 13.0 Å². The highest BCUT2D eigenvalue weighted by Gasteiger charge is 2.54. The van der Waals surface area contributed by atoms with Crippen LogP contribution in [0.15, 0.2) is 47.4 Å². The summed E-state index contributed by atoms with van der Waals surface area (Å²) in [6.45, 7) is 4.48. The molecule has 0 saturated heterocycles. The maximum Gasteiger partial charge on any atom is 0.191 e. The van der Waals surface area contributed by atoms with Crippen molar-refractivity contribution in [1.29, 1.82) is 15.8 Å². The number of nitrogens with zero attached hydrogens (tertiary/aromatic N) is 5. The van der Waals surface area contributed by atoms with Gasteiger partial charge in [-0.3, -0.25) is 9.88 Å². The van der Waals surface area contributed by atoms with E-state index < -0.39 is 11.3 Å². The van der Waals surface area contributed by atoms with Gasteiger partial charge in [0.05, 0.1) is 23.4 Å². The normalized spacial score (nSPS) is 24.6. The van der Waals surface area contributed by atoms with Crippen molar-refractivity contribution in [2.75, 3.05) is 19.6 Å². The van der Waals surface area contributed by atoms with Crippen LogP contribution in [0.2, 0.25) is 0 Å². The first-order valence-corrected chi connectivity index (χ1v) is 8.68. The van der Waals surface area contributed by atoms with Gasteiger partial charge in [0.1, 0.15) is 6.07 Å². The zero-order valence-corrected chi connectivity index (χ0v) is 14.7. The fraction of sp³-hybridized carbons (Fsp3) is 0.400. The first-order chi connectivity index (χ1) is 12.6. The van der Waals surface area contributed by atoms with Crippen molar-refractivity contribution in [3.63, 3.8) is 0 Å². The van der Waals surface area contributed by atoms with Gasteiger partial charge in [0, 0.05) is 37.3 Å². The number of aromatic nitrogens is 1. The lowest BCUT2D eigenvalue weighted by atomic mass is 9.58. The predicted octanol–water partition coefficient (Wildman–Crippen LogP) is 2.22. The molecular weight excluding hydrogens is 324 g/mol. The second-order valence-electron chi connectivity index (χ2n) is 6.72. The average molecular weight is 344 g/mol. The van der Waals surface area contributed by atoms with E-state index in [9.17, 15) is 15.8 Å². The summed E-state index contributed by atoms with van der Waals surface area (Å²) in [5.41, 5.74) is 6.76. The van der Waals surface area contributed by atoms with Crippen molar-refractivity contribution >= 4 is 0 Å². The zero-order chi connectivity index (χ0) is 18.7. The van der Waals surface area contributed by atoms with E-state index in [2.05, 4.69) is 35.0 Å². The van der Waals surface area contributed by atoms with E-state index >= 15 is 0 Å². The summed E-state index contributed by atoms with van der Waals surface area (Å²) in [5.74, 6) is -0.581. The molecule has 130 valence electrons. The molecule has 0 saturated carbocycles. The summed E-state index contributed by atoms with van der Waals surface area (Å²) >= 11 is 0. The summed E-state index contributed by atoms with van der Waals surface area (Å²) in [7, 11) is 0. The van der Waals surface area contributed by atoms with E-state index in [0.29, 0.717) is 12.1 Å². The molecule has 1 aromatic heterocycles. The molecule has 0 bridgehead atoms. The second-order valence-corrected chi connectivity index (χ2v) is 6.72. The van der Waals surface area contributed by atoms with Crippen molar-refractivity contribution in [3.05, 3.63) is 53.0 Å². The molecule has 2 aliphatic rings. The molecule has 0 unspecified atom stereocenters. The number of allylic oxidation sites excluding steroid dienone is 2. The van der Waals surface area contributed by atoms with Crippen LogP contribution in [0.25, 0.3) is 0 Å².